The second-order valence-corrected chi connectivity index (χ2v) is 7.96. The fourth-order valence-electron chi connectivity index (χ4n) is 2.48. The molecular weight excluding hydrogens is 440 g/mol. The first-order valence-electron chi connectivity index (χ1n) is 7.64. The van der Waals surface area contributed by atoms with Gasteiger partial charge in [-0.2, -0.15) is 0 Å². The standard InChI is InChI=1S/C18H12BrClN2O3S/c1-9-2-3-11(20)6-13(9)21-18-22-17(23)16(26-18)5-10-4-14-15(7-12(10)19)25-8-24-14/h2-7H,8H2,1H3,(H,21,22,23)/b16-5-. The molecule has 0 saturated carbocycles. The molecule has 4 rings (SSSR count). The second-order valence-electron chi connectivity index (χ2n) is 5.64. The molecule has 2 aliphatic rings. The molecule has 2 aromatic rings. The van der Waals surface area contributed by atoms with Crippen molar-refractivity contribution < 1.29 is 14.3 Å². The van der Waals surface area contributed by atoms with Crippen molar-refractivity contribution in [2.75, 3.05) is 6.79 Å². The van der Waals surface area contributed by atoms with Crippen LogP contribution in [0, 0.1) is 6.92 Å². The highest BCUT2D eigenvalue weighted by Gasteiger charge is 2.25. The van der Waals surface area contributed by atoms with E-state index < -0.39 is 0 Å². The Labute approximate surface area is 167 Å². The van der Waals surface area contributed by atoms with E-state index in [0.717, 1.165) is 21.3 Å². The summed E-state index contributed by atoms with van der Waals surface area (Å²) < 4.78 is 11.6. The molecule has 1 fully saturated rings. The molecular formula is C18H12BrClN2O3S. The zero-order valence-electron chi connectivity index (χ0n) is 13.5. The fourth-order valence-corrected chi connectivity index (χ4v) is 3.91. The van der Waals surface area contributed by atoms with Gasteiger partial charge in [0.25, 0.3) is 5.91 Å². The largest absolute Gasteiger partial charge is 0.454 e. The third kappa shape index (κ3) is 3.47. The number of thioether (sulfide) groups is 1. The number of carbonyl (C=O) groups is 1. The zero-order valence-corrected chi connectivity index (χ0v) is 16.7. The topological polar surface area (TPSA) is 59.9 Å². The van der Waals surface area contributed by atoms with Gasteiger partial charge in [0.2, 0.25) is 6.79 Å². The van der Waals surface area contributed by atoms with Crippen LogP contribution in [0.3, 0.4) is 0 Å². The van der Waals surface area contributed by atoms with E-state index in [0.29, 0.717) is 26.6 Å². The van der Waals surface area contributed by atoms with E-state index in [-0.39, 0.29) is 12.7 Å². The molecule has 0 atom stereocenters. The van der Waals surface area contributed by atoms with E-state index in [1.807, 2.05) is 31.2 Å². The molecule has 5 nitrogen and oxygen atoms in total. The molecule has 0 bridgehead atoms. The number of ether oxygens (including phenoxy) is 2. The van der Waals surface area contributed by atoms with E-state index in [1.54, 1.807) is 12.1 Å². The third-order valence-electron chi connectivity index (χ3n) is 3.82. The van der Waals surface area contributed by atoms with E-state index >= 15 is 0 Å². The van der Waals surface area contributed by atoms with Gasteiger partial charge in [0.15, 0.2) is 16.7 Å². The van der Waals surface area contributed by atoms with Crippen LogP contribution in [0.5, 0.6) is 11.5 Å². The highest BCUT2D eigenvalue weighted by molar-refractivity contribution is 9.10. The number of amides is 1. The first kappa shape index (κ1) is 17.5. The lowest BCUT2D eigenvalue weighted by molar-refractivity contribution is -0.115. The smallest absolute Gasteiger partial charge is 0.264 e. The molecule has 0 spiro atoms. The SMILES string of the molecule is Cc1ccc(Cl)cc1N=C1NC(=O)/C(=C/c2cc3c(cc2Br)OCO3)S1. The predicted molar refractivity (Wildman–Crippen MR) is 107 cm³/mol. The molecule has 2 aromatic carbocycles. The van der Waals surface area contributed by atoms with Crippen molar-refractivity contribution in [1.29, 1.82) is 0 Å². The number of rotatable bonds is 2. The maximum atomic E-state index is 12.3. The van der Waals surface area contributed by atoms with Gasteiger partial charge in [0.1, 0.15) is 0 Å². The minimum atomic E-state index is -0.196. The van der Waals surface area contributed by atoms with Crippen molar-refractivity contribution in [3.05, 3.63) is 55.9 Å². The normalized spacial score (nSPS) is 18.7. The second kappa shape index (κ2) is 6.98. The average molecular weight is 452 g/mol. The van der Waals surface area contributed by atoms with Crippen LogP contribution in [0.2, 0.25) is 5.02 Å². The molecule has 8 heteroatoms. The minimum absolute atomic E-state index is 0.196. The van der Waals surface area contributed by atoms with E-state index in [9.17, 15) is 4.79 Å². The number of carbonyl (C=O) groups excluding carboxylic acids is 1. The molecule has 2 heterocycles. The average Bonchev–Trinajstić information content (AvgIpc) is 3.18. The number of aliphatic imine (C=N–C) groups is 1. The number of fused-ring (bicyclic) bond motifs is 1. The van der Waals surface area contributed by atoms with Crippen LogP contribution < -0.4 is 14.8 Å². The van der Waals surface area contributed by atoms with Crippen molar-refractivity contribution in [2.24, 2.45) is 4.99 Å². The van der Waals surface area contributed by atoms with Crippen LogP contribution in [-0.2, 0) is 4.79 Å². The van der Waals surface area contributed by atoms with Gasteiger partial charge in [-0.05, 0) is 60.2 Å². The van der Waals surface area contributed by atoms with Gasteiger partial charge in [-0.1, -0.05) is 33.6 Å². The molecule has 0 aromatic heterocycles. The van der Waals surface area contributed by atoms with Crippen LogP contribution in [0.25, 0.3) is 6.08 Å². The Morgan fingerprint density at radius 2 is 2.04 bits per heavy atom. The molecule has 1 amide bonds. The summed E-state index contributed by atoms with van der Waals surface area (Å²) in [6, 6.07) is 9.14. The van der Waals surface area contributed by atoms with Crippen molar-refractivity contribution in [1.82, 2.24) is 5.32 Å². The van der Waals surface area contributed by atoms with E-state index in [4.69, 9.17) is 21.1 Å². The van der Waals surface area contributed by atoms with Gasteiger partial charge in [-0.25, -0.2) is 4.99 Å². The number of benzene rings is 2. The molecule has 26 heavy (non-hydrogen) atoms. The number of nitrogens with one attached hydrogen (secondary N) is 1. The van der Waals surface area contributed by atoms with Gasteiger partial charge in [-0.15, -0.1) is 0 Å². The van der Waals surface area contributed by atoms with Gasteiger partial charge >= 0.3 is 0 Å². The minimum Gasteiger partial charge on any atom is -0.454 e. The Morgan fingerprint density at radius 3 is 2.85 bits per heavy atom. The lowest BCUT2D eigenvalue weighted by Gasteiger charge is -2.02. The molecule has 0 radical (unpaired) electrons. The number of aryl methyl sites for hydroxylation is 1. The summed E-state index contributed by atoms with van der Waals surface area (Å²) in [7, 11) is 0. The lowest BCUT2D eigenvalue weighted by atomic mass is 10.2. The molecule has 1 saturated heterocycles. The zero-order chi connectivity index (χ0) is 18.3. The molecule has 1 N–H and O–H groups in total. The number of amidine groups is 1. The summed E-state index contributed by atoms with van der Waals surface area (Å²) in [5.41, 5.74) is 2.53. The number of hydrogen-bond acceptors (Lipinski definition) is 5. The fraction of sp³-hybridized carbons (Fsp3) is 0.111. The maximum absolute atomic E-state index is 12.3. The van der Waals surface area contributed by atoms with Crippen molar-refractivity contribution >= 4 is 62.1 Å². The maximum Gasteiger partial charge on any atom is 0.264 e. The summed E-state index contributed by atoms with van der Waals surface area (Å²) in [6.45, 7) is 2.14. The molecule has 132 valence electrons. The van der Waals surface area contributed by atoms with Gasteiger partial charge in [-0.3, -0.25) is 4.79 Å². The van der Waals surface area contributed by atoms with Crippen LogP contribution in [0.4, 0.5) is 5.69 Å². The van der Waals surface area contributed by atoms with Crippen LogP contribution in [-0.4, -0.2) is 17.9 Å². The Kier molecular flexibility index (Phi) is 4.69. The van der Waals surface area contributed by atoms with Gasteiger partial charge in [0, 0.05) is 9.50 Å². The quantitative estimate of drug-likeness (QED) is 0.651. The summed E-state index contributed by atoms with van der Waals surface area (Å²) in [5, 5.41) is 3.90. The highest BCUT2D eigenvalue weighted by atomic mass is 79.9. The predicted octanol–water partition coefficient (Wildman–Crippen LogP) is 5.03. The first-order chi connectivity index (χ1) is 12.5. The summed E-state index contributed by atoms with van der Waals surface area (Å²) in [6.07, 6.45) is 1.79. The summed E-state index contributed by atoms with van der Waals surface area (Å²) >= 11 is 10.8. The monoisotopic (exact) mass is 450 g/mol. The Hall–Kier alpha value is -1.96. The van der Waals surface area contributed by atoms with Gasteiger partial charge < -0.3 is 14.8 Å². The lowest BCUT2D eigenvalue weighted by Crippen LogP contribution is -2.19. The summed E-state index contributed by atoms with van der Waals surface area (Å²) in [5.74, 6) is 1.14. The van der Waals surface area contributed by atoms with Crippen molar-refractivity contribution in [3.8, 4) is 11.5 Å². The van der Waals surface area contributed by atoms with Gasteiger partial charge in [0.05, 0.1) is 10.6 Å². The van der Waals surface area contributed by atoms with Crippen LogP contribution in [0.15, 0.2) is 44.7 Å². The number of hydrogen-bond donors (Lipinski definition) is 1. The number of halogens is 2. The van der Waals surface area contributed by atoms with E-state index in [2.05, 4.69) is 26.2 Å². The van der Waals surface area contributed by atoms with Crippen LogP contribution >= 0.6 is 39.3 Å². The van der Waals surface area contributed by atoms with E-state index in [1.165, 1.54) is 11.8 Å². The van der Waals surface area contributed by atoms with Crippen molar-refractivity contribution in [3.63, 3.8) is 0 Å². The highest BCUT2D eigenvalue weighted by Crippen LogP contribution is 2.39. The molecule has 2 aliphatic heterocycles. The third-order valence-corrected chi connectivity index (χ3v) is 5.65. The Bertz CT molecular complexity index is 991. The molecule has 0 aliphatic carbocycles. The Balaban J connectivity index is 1.63. The molecule has 0 unspecified atom stereocenters. The summed E-state index contributed by atoms with van der Waals surface area (Å²) in [4.78, 5) is 17.3. The van der Waals surface area contributed by atoms with Crippen molar-refractivity contribution in [2.45, 2.75) is 6.92 Å². The Morgan fingerprint density at radius 1 is 1.27 bits per heavy atom. The first-order valence-corrected chi connectivity index (χ1v) is 9.63. The number of nitrogens with zero attached hydrogens (tertiary/aromatic N) is 1. The van der Waals surface area contributed by atoms with Crippen LogP contribution in [0.1, 0.15) is 11.1 Å².